The monoisotopic (exact) mass is 387 g/mol. The zero-order valence-corrected chi connectivity index (χ0v) is 16.9. The minimum atomic E-state index is -3.53. The van der Waals surface area contributed by atoms with Gasteiger partial charge in [0, 0.05) is 37.0 Å². The first-order valence-corrected chi connectivity index (χ1v) is 11.0. The Labute approximate surface area is 154 Å². The molecule has 1 aliphatic heterocycles. The van der Waals surface area contributed by atoms with Crippen molar-refractivity contribution in [2.45, 2.75) is 62.1 Å². The molecule has 0 radical (unpaired) electrons. The number of sulfonamides is 1. The zero-order valence-electron chi connectivity index (χ0n) is 15.2. The molecule has 0 saturated carbocycles. The van der Waals surface area contributed by atoms with Gasteiger partial charge in [0.15, 0.2) is 0 Å². The van der Waals surface area contributed by atoms with Gasteiger partial charge in [-0.2, -0.15) is 4.31 Å². The van der Waals surface area contributed by atoms with Crippen LogP contribution in [0.25, 0.3) is 0 Å². The third-order valence-electron chi connectivity index (χ3n) is 4.36. The van der Waals surface area contributed by atoms with Crippen molar-refractivity contribution in [3.8, 4) is 0 Å². The second kappa shape index (κ2) is 8.16. The summed E-state index contributed by atoms with van der Waals surface area (Å²) < 4.78 is 28.2. The van der Waals surface area contributed by atoms with Crippen molar-refractivity contribution in [3.63, 3.8) is 0 Å². The van der Waals surface area contributed by atoms with Crippen LogP contribution in [-0.4, -0.2) is 44.3 Å². The van der Waals surface area contributed by atoms with Crippen molar-refractivity contribution in [2.75, 3.05) is 19.6 Å². The molecule has 1 fully saturated rings. The number of hydrogen-bond donors (Lipinski definition) is 2. The van der Waals surface area contributed by atoms with Crippen molar-refractivity contribution in [1.82, 2.24) is 9.62 Å². The molecule has 8 heteroatoms. The van der Waals surface area contributed by atoms with Crippen LogP contribution in [0.15, 0.2) is 16.3 Å². The van der Waals surface area contributed by atoms with Gasteiger partial charge in [-0.15, -0.1) is 11.3 Å². The highest BCUT2D eigenvalue weighted by Gasteiger charge is 2.35. The van der Waals surface area contributed by atoms with Crippen molar-refractivity contribution in [1.29, 1.82) is 0 Å². The maximum Gasteiger partial charge on any atom is 0.252 e. The maximum atomic E-state index is 13.1. The number of rotatable bonds is 6. The summed E-state index contributed by atoms with van der Waals surface area (Å²) >= 11 is 1.34. The lowest BCUT2D eigenvalue weighted by atomic mass is 9.95. The number of amides is 1. The van der Waals surface area contributed by atoms with Crippen LogP contribution in [0.2, 0.25) is 0 Å². The first kappa shape index (κ1) is 20.4. The molecule has 1 saturated heterocycles. The minimum Gasteiger partial charge on any atom is -0.354 e. The molecule has 1 aliphatic rings. The summed E-state index contributed by atoms with van der Waals surface area (Å²) in [5.41, 5.74) is 5.31. The number of piperidine rings is 1. The summed E-state index contributed by atoms with van der Waals surface area (Å²) in [4.78, 5) is 12.7. The standard InChI is InChI=1S/C17H29N3O3S2/c1-17(2,3)14-7-8-16(24-14)25(22,23)20-11-5-4-6-13(20)12-19-15(21)9-10-18/h7-8,13H,4-6,9-12,18H2,1-3H3,(H,19,21). The Morgan fingerprint density at radius 2 is 2.08 bits per heavy atom. The van der Waals surface area contributed by atoms with Crippen molar-refractivity contribution in [2.24, 2.45) is 5.73 Å². The zero-order chi connectivity index (χ0) is 18.7. The smallest absolute Gasteiger partial charge is 0.252 e. The van der Waals surface area contributed by atoms with Gasteiger partial charge < -0.3 is 11.1 Å². The van der Waals surface area contributed by atoms with Crippen LogP contribution in [0, 0.1) is 0 Å². The van der Waals surface area contributed by atoms with Crippen LogP contribution in [0.1, 0.15) is 51.3 Å². The van der Waals surface area contributed by atoms with Gasteiger partial charge in [-0.1, -0.05) is 27.2 Å². The molecule has 1 atom stereocenters. The molecule has 1 aromatic heterocycles. The normalized spacial score (nSPS) is 19.8. The average molecular weight is 388 g/mol. The van der Waals surface area contributed by atoms with Gasteiger partial charge in [0.1, 0.15) is 4.21 Å². The van der Waals surface area contributed by atoms with E-state index >= 15 is 0 Å². The molecule has 0 spiro atoms. The van der Waals surface area contributed by atoms with Crippen LogP contribution in [-0.2, 0) is 20.2 Å². The Kier molecular flexibility index (Phi) is 6.64. The van der Waals surface area contributed by atoms with E-state index < -0.39 is 10.0 Å². The van der Waals surface area contributed by atoms with Gasteiger partial charge in [-0.25, -0.2) is 8.42 Å². The molecule has 2 rings (SSSR count). The van der Waals surface area contributed by atoms with E-state index in [4.69, 9.17) is 5.73 Å². The average Bonchev–Trinajstić information content (AvgIpc) is 3.04. The molecule has 0 bridgehead atoms. The van der Waals surface area contributed by atoms with Gasteiger partial charge in [-0.3, -0.25) is 4.79 Å². The molecular formula is C17H29N3O3S2. The summed E-state index contributed by atoms with van der Waals surface area (Å²) in [6.45, 7) is 7.37. The number of carbonyl (C=O) groups is 1. The second-order valence-electron chi connectivity index (χ2n) is 7.48. The number of thiophene rings is 1. The maximum absolute atomic E-state index is 13.1. The number of nitrogens with zero attached hydrogens (tertiary/aromatic N) is 1. The molecule has 0 aliphatic carbocycles. The summed E-state index contributed by atoms with van der Waals surface area (Å²) in [5, 5.41) is 2.81. The van der Waals surface area contributed by atoms with Gasteiger partial charge >= 0.3 is 0 Å². The van der Waals surface area contributed by atoms with E-state index in [9.17, 15) is 13.2 Å². The quantitative estimate of drug-likeness (QED) is 0.781. The second-order valence-corrected chi connectivity index (χ2v) is 10.7. The molecule has 1 unspecified atom stereocenters. The highest BCUT2D eigenvalue weighted by atomic mass is 32.2. The number of hydrogen-bond acceptors (Lipinski definition) is 5. The number of carbonyl (C=O) groups excluding carboxylic acids is 1. The van der Waals surface area contributed by atoms with E-state index in [2.05, 4.69) is 26.1 Å². The van der Waals surface area contributed by atoms with E-state index in [1.807, 2.05) is 6.07 Å². The molecule has 142 valence electrons. The van der Waals surface area contributed by atoms with Crippen LogP contribution in [0.4, 0.5) is 0 Å². The minimum absolute atomic E-state index is 0.0735. The van der Waals surface area contributed by atoms with Gasteiger partial charge in [0.25, 0.3) is 10.0 Å². The summed E-state index contributed by atoms with van der Waals surface area (Å²) in [5.74, 6) is -0.128. The van der Waals surface area contributed by atoms with E-state index in [1.165, 1.54) is 11.3 Å². The highest BCUT2D eigenvalue weighted by molar-refractivity contribution is 7.91. The molecule has 25 heavy (non-hydrogen) atoms. The Morgan fingerprint density at radius 3 is 2.68 bits per heavy atom. The van der Waals surface area contributed by atoms with E-state index in [-0.39, 0.29) is 23.8 Å². The van der Waals surface area contributed by atoms with E-state index in [0.717, 1.165) is 24.1 Å². The lowest BCUT2D eigenvalue weighted by Crippen LogP contribution is -2.49. The predicted molar refractivity (Wildman–Crippen MR) is 101 cm³/mol. The van der Waals surface area contributed by atoms with Gasteiger partial charge in [-0.05, 0) is 30.4 Å². The van der Waals surface area contributed by atoms with Crippen LogP contribution < -0.4 is 11.1 Å². The molecule has 0 aromatic carbocycles. The fraction of sp³-hybridized carbons (Fsp3) is 0.706. The lowest BCUT2D eigenvalue weighted by Gasteiger charge is -2.34. The Balaban J connectivity index is 2.17. The summed E-state index contributed by atoms with van der Waals surface area (Å²) in [7, 11) is -3.53. The van der Waals surface area contributed by atoms with Crippen LogP contribution in [0.3, 0.4) is 0 Å². The SMILES string of the molecule is CC(C)(C)c1ccc(S(=O)(=O)N2CCCCC2CNC(=O)CCN)s1. The highest BCUT2D eigenvalue weighted by Crippen LogP contribution is 2.34. The van der Waals surface area contributed by atoms with Gasteiger partial charge in [0.05, 0.1) is 0 Å². The van der Waals surface area contributed by atoms with Crippen molar-refractivity contribution >= 4 is 27.3 Å². The van der Waals surface area contributed by atoms with E-state index in [0.29, 0.717) is 23.8 Å². The third kappa shape index (κ3) is 5.03. The predicted octanol–water partition coefficient (Wildman–Crippen LogP) is 2.05. The van der Waals surface area contributed by atoms with Crippen LogP contribution in [0.5, 0.6) is 0 Å². The molecule has 1 aromatic rings. The molecule has 1 amide bonds. The van der Waals surface area contributed by atoms with Crippen molar-refractivity contribution < 1.29 is 13.2 Å². The molecular weight excluding hydrogens is 358 g/mol. The first-order valence-electron chi connectivity index (χ1n) is 8.75. The van der Waals surface area contributed by atoms with E-state index in [1.54, 1.807) is 10.4 Å². The topological polar surface area (TPSA) is 92.5 Å². The third-order valence-corrected chi connectivity index (χ3v) is 8.29. The number of nitrogens with one attached hydrogen (secondary N) is 1. The fourth-order valence-electron chi connectivity index (χ4n) is 2.92. The lowest BCUT2D eigenvalue weighted by molar-refractivity contribution is -0.121. The fourth-order valence-corrected chi connectivity index (χ4v) is 6.11. The first-order chi connectivity index (χ1) is 11.7. The summed E-state index contributed by atoms with van der Waals surface area (Å²) in [6, 6.07) is 3.42. The number of nitrogens with two attached hydrogens (primary N) is 1. The summed E-state index contributed by atoms with van der Waals surface area (Å²) in [6.07, 6.45) is 2.85. The van der Waals surface area contributed by atoms with Gasteiger partial charge in [0.2, 0.25) is 5.91 Å². The Bertz CT molecular complexity index is 692. The Morgan fingerprint density at radius 1 is 1.36 bits per heavy atom. The molecule has 2 heterocycles. The molecule has 6 nitrogen and oxygen atoms in total. The molecule has 3 N–H and O–H groups in total. The van der Waals surface area contributed by atoms with Crippen LogP contribution >= 0.6 is 11.3 Å². The Hall–Kier alpha value is -0.960. The largest absolute Gasteiger partial charge is 0.354 e. The van der Waals surface area contributed by atoms with Crippen molar-refractivity contribution in [3.05, 3.63) is 17.0 Å².